The summed E-state index contributed by atoms with van der Waals surface area (Å²) < 4.78 is 12.4. The van der Waals surface area contributed by atoms with Crippen LogP contribution in [0.3, 0.4) is 0 Å². The Bertz CT molecular complexity index is 4320. The quantitative estimate of drug-likeness (QED) is 0.165. The van der Waals surface area contributed by atoms with Gasteiger partial charge in [0, 0.05) is 76.2 Å². The molecule has 2 atom stereocenters. The summed E-state index contributed by atoms with van der Waals surface area (Å²) in [6.45, 7) is 7.04. The number of nitrogens with zero attached hydrogens (tertiary/aromatic N) is 2. The van der Waals surface area contributed by atoms with Gasteiger partial charge < -0.3 is 14.2 Å². The van der Waals surface area contributed by atoms with Gasteiger partial charge in [-0.1, -0.05) is 166 Å². The number of fused-ring (bicyclic) bond motifs is 13. The van der Waals surface area contributed by atoms with Crippen molar-refractivity contribution in [3.63, 3.8) is 0 Å². The molecular weight excluding hydrogens is 893 g/mol. The number of allylic oxidation sites excluding steroid dienone is 1. The van der Waals surface area contributed by atoms with Gasteiger partial charge in [0.25, 0.3) is 0 Å². The van der Waals surface area contributed by atoms with Crippen LogP contribution in [0, 0.1) is 0 Å². The van der Waals surface area contributed by atoms with E-state index in [1.54, 1.807) is 0 Å². The van der Waals surface area contributed by atoms with Crippen molar-refractivity contribution in [1.29, 1.82) is 0 Å². The average Bonchev–Trinajstić information content (AvgIpc) is 4.12. The minimum Gasteiger partial charge on any atom is -0.481 e. The van der Waals surface area contributed by atoms with Crippen LogP contribution in [0.5, 0.6) is 5.75 Å². The Morgan fingerprint density at radius 3 is 2.12 bits per heavy atom. The first-order chi connectivity index (χ1) is 35.3. The maximum Gasteiger partial charge on any atom is 0.142 e. The Morgan fingerprint density at radius 2 is 1.22 bits per heavy atom. The number of para-hydroxylation sites is 1. The third-order valence-electron chi connectivity index (χ3n) is 16.2. The average molecular weight is 941 g/mol. The van der Waals surface area contributed by atoms with Crippen molar-refractivity contribution in [2.45, 2.75) is 37.7 Å². The van der Waals surface area contributed by atoms with E-state index in [1.165, 1.54) is 97.3 Å². The van der Waals surface area contributed by atoms with Gasteiger partial charge in [-0.2, -0.15) is 0 Å². The van der Waals surface area contributed by atoms with E-state index >= 15 is 0 Å². The molecule has 0 fully saturated rings. The summed E-state index contributed by atoms with van der Waals surface area (Å²) in [5.41, 5.74) is 17.3. The SMILES string of the molecule is CC1(C)c2ccccc2-c2ccc(N(C3=CC(c4ccc5c6c(-c7ccccc7)cccc6n(-c6ccc7sc8ccccc8c7c6)c5c4)C4(C)Oc5ccccc5C4=C3)c3ccc4ccccc4c3)cc21. The first kappa shape index (κ1) is 41.4. The normalized spacial score (nSPS) is 17.4. The summed E-state index contributed by atoms with van der Waals surface area (Å²) in [6.07, 6.45) is 4.90. The number of ether oxygens (including phenoxy) is 1. The Hall–Kier alpha value is -8.44. The monoisotopic (exact) mass is 940 g/mol. The molecule has 72 heavy (non-hydrogen) atoms. The van der Waals surface area contributed by atoms with E-state index in [9.17, 15) is 0 Å². The zero-order valence-corrected chi connectivity index (χ0v) is 41.0. The van der Waals surface area contributed by atoms with E-state index in [0.29, 0.717) is 0 Å². The van der Waals surface area contributed by atoms with Crippen molar-refractivity contribution in [2.24, 2.45) is 0 Å². The number of hydrogen-bond acceptors (Lipinski definition) is 3. The Morgan fingerprint density at radius 1 is 0.500 bits per heavy atom. The van der Waals surface area contributed by atoms with Gasteiger partial charge in [0.2, 0.25) is 0 Å². The number of hydrogen-bond donors (Lipinski definition) is 0. The Labute approximate surface area is 422 Å². The minimum atomic E-state index is -0.696. The molecule has 0 bridgehead atoms. The number of rotatable bonds is 6. The molecule has 15 rings (SSSR count). The van der Waals surface area contributed by atoms with Gasteiger partial charge in [0.1, 0.15) is 11.4 Å². The zero-order chi connectivity index (χ0) is 47.9. The molecule has 2 aliphatic carbocycles. The summed E-state index contributed by atoms with van der Waals surface area (Å²) >= 11 is 1.86. The van der Waals surface area contributed by atoms with Crippen LogP contribution in [0.4, 0.5) is 11.4 Å². The maximum atomic E-state index is 7.29. The third-order valence-corrected chi connectivity index (χ3v) is 17.4. The van der Waals surface area contributed by atoms with Gasteiger partial charge in [-0.15, -0.1) is 11.3 Å². The Balaban J connectivity index is 0.980. The lowest BCUT2D eigenvalue weighted by atomic mass is 9.73. The minimum absolute atomic E-state index is 0.162. The third kappa shape index (κ3) is 5.96. The van der Waals surface area contributed by atoms with Crippen molar-refractivity contribution in [2.75, 3.05) is 4.90 Å². The molecule has 4 heteroatoms. The summed E-state index contributed by atoms with van der Waals surface area (Å²) in [5.74, 6) is 0.741. The second kappa shape index (κ2) is 15.3. The molecule has 3 heterocycles. The van der Waals surface area contributed by atoms with Crippen LogP contribution < -0.4 is 9.64 Å². The lowest BCUT2D eigenvalue weighted by Crippen LogP contribution is -2.39. The van der Waals surface area contributed by atoms with Gasteiger partial charge in [0.15, 0.2) is 0 Å². The molecule has 3 aliphatic rings. The van der Waals surface area contributed by atoms with Crippen LogP contribution in [0.2, 0.25) is 0 Å². The van der Waals surface area contributed by atoms with Crippen molar-refractivity contribution in [3.8, 4) is 33.7 Å². The molecule has 0 radical (unpaired) electrons. The van der Waals surface area contributed by atoms with E-state index in [2.05, 4.69) is 261 Å². The molecule has 10 aromatic carbocycles. The molecule has 2 aromatic heterocycles. The fourth-order valence-electron chi connectivity index (χ4n) is 12.7. The standard InChI is InChI=1S/C68H48N2OS/c1-67(2)57-24-12-9-20-51(57)52-34-31-48(39-59(52)67)69(46-30-28-42-16-7-8-19-44(42)36-46)49-40-58(68(3)60(41-49)54-22-10-13-26-63(54)71-68)45-29-33-55-62(37-45)70(61-25-15-23-50(66(55)61)43-17-5-4-6-18-43)47-32-35-65-56(38-47)53-21-11-14-27-64(53)72-65/h4-41,58H,1-3H3. The second-order valence-corrected chi connectivity index (χ2v) is 21.6. The van der Waals surface area contributed by atoms with E-state index < -0.39 is 5.60 Å². The highest BCUT2D eigenvalue weighted by Gasteiger charge is 2.49. The van der Waals surface area contributed by atoms with Crippen LogP contribution in [0.15, 0.2) is 236 Å². The zero-order valence-electron chi connectivity index (χ0n) is 40.2. The molecule has 2 unspecified atom stereocenters. The van der Waals surface area contributed by atoms with Crippen LogP contribution in [0.25, 0.3) is 86.3 Å². The second-order valence-electron chi connectivity index (χ2n) is 20.6. The molecule has 3 nitrogen and oxygen atoms in total. The first-order valence-electron chi connectivity index (χ1n) is 25.1. The van der Waals surface area contributed by atoms with Crippen LogP contribution in [0.1, 0.15) is 48.9 Å². The molecule has 342 valence electrons. The highest BCUT2D eigenvalue weighted by Crippen LogP contribution is 2.56. The van der Waals surface area contributed by atoms with Gasteiger partial charge >= 0.3 is 0 Å². The van der Waals surface area contributed by atoms with E-state index in [4.69, 9.17) is 4.74 Å². The largest absolute Gasteiger partial charge is 0.481 e. The van der Waals surface area contributed by atoms with Crippen molar-refractivity contribution < 1.29 is 4.74 Å². The summed E-state index contributed by atoms with van der Waals surface area (Å²) in [6, 6.07) is 81.0. The lowest BCUT2D eigenvalue weighted by Gasteiger charge is -2.39. The van der Waals surface area contributed by atoms with Gasteiger partial charge in [0.05, 0.1) is 11.0 Å². The van der Waals surface area contributed by atoms with Crippen LogP contribution in [-0.4, -0.2) is 10.2 Å². The van der Waals surface area contributed by atoms with E-state index in [-0.39, 0.29) is 11.3 Å². The predicted octanol–water partition coefficient (Wildman–Crippen LogP) is 18.3. The van der Waals surface area contributed by atoms with E-state index in [1.807, 2.05) is 11.3 Å². The summed E-state index contributed by atoms with van der Waals surface area (Å²) in [7, 11) is 0. The van der Waals surface area contributed by atoms with Crippen LogP contribution >= 0.6 is 11.3 Å². The lowest BCUT2D eigenvalue weighted by molar-refractivity contribution is 0.149. The molecule has 0 saturated heterocycles. The van der Waals surface area contributed by atoms with Gasteiger partial charge in [-0.3, -0.25) is 0 Å². The maximum absolute atomic E-state index is 7.29. The van der Waals surface area contributed by atoms with Crippen molar-refractivity contribution in [3.05, 3.63) is 258 Å². The molecule has 0 amide bonds. The molecular formula is C68H48N2OS. The molecule has 0 saturated carbocycles. The number of anilines is 2. The molecule has 12 aromatic rings. The first-order valence-corrected chi connectivity index (χ1v) is 25.9. The van der Waals surface area contributed by atoms with E-state index in [0.717, 1.165) is 34.1 Å². The highest BCUT2D eigenvalue weighted by molar-refractivity contribution is 7.25. The topological polar surface area (TPSA) is 17.4 Å². The number of aromatic nitrogens is 1. The Kier molecular flexibility index (Phi) is 8.78. The fraction of sp³-hybridized carbons (Fsp3) is 0.0882. The number of thiophene rings is 1. The summed E-state index contributed by atoms with van der Waals surface area (Å²) in [4.78, 5) is 2.49. The van der Waals surface area contributed by atoms with Crippen molar-refractivity contribution in [1.82, 2.24) is 4.57 Å². The van der Waals surface area contributed by atoms with Gasteiger partial charge in [-0.25, -0.2) is 0 Å². The fourth-order valence-corrected chi connectivity index (χ4v) is 13.8. The smallest absolute Gasteiger partial charge is 0.142 e. The molecule has 0 N–H and O–H groups in total. The predicted molar refractivity (Wildman–Crippen MR) is 303 cm³/mol. The van der Waals surface area contributed by atoms with Crippen molar-refractivity contribution >= 4 is 81.0 Å². The highest BCUT2D eigenvalue weighted by atomic mass is 32.1. The molecule has 0 spiro atoms. The van der Waals surface area contributed by atoms with Gasteiger partial charge in [-0.05, 0) is 136 Å². The molecule has 1 aliphatic heterocycles. The van der Waals surface area contributed by atoms with Crippen LogP contribution in [-0.2, 0) is 5.41 Å². The summed E-state index contributed by atoms with van der Waals surface area (Å²) in [5, 5.41) is 7.47. The number of benzene rings is 10.